The summed E-state index contributed by atoms with van der Waals surface area (Å²) < 4.78 is 24.9. The molecule has 0 saturated carbocycles. The largest absolute Gasteiger partial charge is 0.445 e. The SMILES string of the molecule is Cc1ccc(N2CC3(CCN(C(=O)OCc4ccccc4)CC3)OC2=O)cc1F. The Morgan fingerprint density at radius 3 is 2.59 bits per heavy atom. The first-order chi connectivity index (χ1) is 14.0. The van der Waals surface area contributed by atoms with E-state index < -0.39 is 11.7 Å². The molecule has 2 aliphatic heterocycles. The average molecular weight is 398 g/mol. The minimum absolute atomic E-state index is 0.225. The molecule has 2 saturated heterocycles. The molecule has 6 nitrogen and oxygen atoms in total. The van der Waals surface area contributed by atoms with Gasteiger partial charge in [0.15, 0.2) is 0 Å². The zero-order valence-corrected chi connectivity index (χ0v) is 16.3. The van der Waals surface area contributed by atoms with Gasteiger partial charge in [-0.1, -0.05) is 36.4 Å². The van der Waals surface area contributed by atoms with Gasteiger partial charge in [-0.05, 0) is 30.2 Å². The van der Waals surface area contributed by atoms with Crippen LogP contribution in [0.15, 0.2) is 48.5 Å². The summed E-state index contributed by atoms with van der Waals surface area (Å²) in [5.41, 5.74) is 1.28. The number of halogens is 1. The number of benzene rings is 2. The van der Waals surface area contributed by atoms with Gasteiger partial charge < -0.3 is 14.4 Å². The van der Waals surface area contributed by atoms with Gasteiger partial charge in [-0.15, -0.1) is 0 Å². The van der Waals surface area contributed by atoms with Crippen molar-refractivity contribution in [1.82, 2.24) is 4.90 Å². The first-order valence-electron chi connectivity index (χ1n) is 9.68. The van der Waals surface area contributed by atoms with Crippen LogP contribution in [0.5, 0.6) is 0 Å². The quantitative estimate of drug-likeness (QED) is 0.775. The van der Waals surface area contributed by atoms with Crippen molar-refractivity contribution < 1.29 is 23.5 Å². The number of amides is 2. The van der Waals surface area contributed by atoms with Crippen LogP contribution in [0.2, 0.25) is 0 Å². The molecule has 29 heavy (non-hydrogen) atoms. The van der Waals surface area contributed by atoms with Crippen molar-refractivity contribution in [3.8, 4) is 0 Å². The summed E-state index contributed by atoms with van der Waals surface area (Å²) in [5.74, 6) is -0.354. The van der Waals surface area contributed by atoms with Crippen molar-refractivity contribution in [1.29, 1.82) is 0 Å². The molecule has 0 bridgehead atoms. The van der Waals surface area contributed by atoms with Crippen molar-refractivity contribution in [3.63, 3.8) is 0 Å². The second kappa shape index (κ2) is 7.73. The Kier molecular flexibility index (Phi) is 5.13. The van der Waals surface area contributed by atoms with E-state index in [0.29, 0.717) is 43.7 Å². The maximum atomic E-state index is 13.9. The molecule has 0 unspecified atom stereocenters. The van der Waals surface area contributed by atoms with E-state index in [1.165, 1.54) is 11.0 Å². The van der Waals surface area contributed by atoms with E-state index in [4.69, 9.17) is 9.47 Å². The molecule has 0 atom stereocenters. The summed E-state index contributed by atoms with van der Waals surface area (Å²) in [6.45, 7) is 3.13. The second-order valence-corrected chi connectivity index (χ2v) is 7.60. The predicted octanol–water partition coefficient (Wildman–Crippen LogP) is 4.26. The number of piperidine rings is 1. The third-order valence-corrected chi connectivity index (χ3v) is 5.58. The number of hydrogen-bond acceptors (Lipinski definition) is 4. The Balaban J connectivity index is 1.34. The summed E-state index contributed by atoms with van der Waals surface area (Å²) in [5, 5.41) is 0. The van der Waals surface area contributed by atoms with Gasteiger partial charge in [0.25, 0.3) is 0 Å². The summed E-state index contributed by atoms with van der Waals surface area (Å²) >= 11 is 0. The number of anilines is 1. The molecule has 2 aromatic carbocycles. The van der Waals surface area contributed by atoms with Crippen molar-refractivity contribution in [2.24, 2.45) is 0 Å². The monoisotopic (exact) mass is 398 g/mol. The lowest BCUT2D eigenvalue weighted by Crippen LogP contribution is -2.48. The number of hydrogen-bond donors (Lipinski definition) is 0. The molecule has 7 heteroatoms. The molecule has 2 aliphatic rings. The first-order valence-corrected chi connectivity index (χ1v) is 9.68. The number of carbonyl (C=O) groups is 2. The van der Waals surface area contributed by atoms with Crippen LogP contribution < -0.4 is 4.90 Å². The summed E-state index contributed by atoms with van der Waals surface area (Å²) in [6.07, 6.45) is 0.187. The molecular weight excluding hydrogens is 375 g/mol. The van der Waals surface area contributed by atoms with Crippen LogP contribution in [0.3, 0.4) is 0 Å². The van der Waals surface area contributed by atoms with E-state index in [2.05, 4.69) is 0 Å². The highest BCUT2D eigenvalue weighted by Gasteiger charge is 2.48. The summed E-state index contributed by atoms with van der Waals surface area (Å²) in [4.78, 5) is 27.8. The van der Waals surface area contributed by atoms with Crippen LogP contribution in [0.25, 0.3) is 0 Å². The highest BCUT2D eigenvalue weighted by Crippen LogP contribution is 2.36. The molecular formula is C22H23FN2O4. The van der Waals surface area contributed by atoms with E-state index in [9.17, 15) is 14.0 Å². The molecule has 2 aromatic rings. The highest BCUT2D eigenvalue weighted by molar-refractivity contribution is 5.90. The predicted molar refractivity (Wildman–Crippen MR) is 105 cm³/mol. The van der Waals surface area contributed by atoms with E-state index >= 15 is 0 Å². The van der Waals surface area contributed by atoms with Gasteiger partial charge in [0, 0.05) is 25.9 Å². The number of carbonyl (C=O) groups excluding carboxylic acids is 2. The van der Waals surface area contributed by atoms with Crippen molar-refractivity contribution in [2.45, 2.75) is 32.0 Å². The Bertz CT molecular complexity index is 910. The zero-order chi connectivity index (χ0) is 20.4. The maximum absolute atomic E-state index is 13.9. The minimum Gasteiger partial charge on any atom is -0.445 e. The van der Waals surface area contributed by atoms with Crippen LogP contribution >= 0.6 is 0 Å². The Labute approximate surface area is 168 Å². The van der Waals surface area contributed by atoms with Crippen molar-refractivity contribution in [2.75, 3.05) is 24.5 Å². The lowest BCUT2D eigenvalue weighted by molar-refractivity contribution is -0.00107. The smallest absolute Gasteiger partial charge is 0.415 e. The Hall–Kier alpha value is -3.09. The number of nitrogens with zero attached hydrogens (tertiary/aromatic N) is 2. The molecule has 0 radical (unpaired) electrons. The van der Waals surface area contributed by atoms with Crippen LogP contribution in [-0.2, 0) is 16.1 Å². The van der Waals surface area contributed by atoms with E-state index in [-0.39, 0.29) is 18.5 Å². The van der Waals surface area contributed by atoms with Gasteiger partial charge in [-0.3, -0.25) is 4.90 Å². The van der Waals surface area contributed by atoms with Gasteiger partial charge in [0.1, 0.15) is 18.0 Å². The molecule has 2 fully saturated rings. The number of aryl methyl sites for hydroxylation is 1. The average Bonchev–Trinajstić information content (AvgIpc) is 3.05. The summed E-state index contributed by atoms with van der Waals surface area (Å²) in [6, 6.07) is 14.2. The third-order valence-electron chi connectivity index (χ3n) is 5.58. The molecule has 0 aliphatic carbocycles. The molecule has 1 spiro atoms. The number of rotatable bonds is 3. The lowest BCUT2D eigenvalue weighted by Gasteiger charge is -2.36. The first kappa shape index (κ1) is 19.2. The molecule has 4 rings (SSSR count). The highest BCUT2D eigenvalue weighted by atomic mass is 19.1. The Morgan fingerprint density at radius 2 is 1.90 bits per heavy atom. The normalized spacial score (nSPS) is 18.1. The molecule has 152 valence electrons. The van der Waals surface area contributed by atoms with Gasteiger partial charge in [0.05, 0.1) is 12.2 Å². The van der Waals surface area contributed by atoms with Crippen LogP contribution in [0, 0.1) is 12.7 Å². The third kappa shape index (κ3) is 4.04. The van der Waals surface area contributed by atoms with Gasteiger partial charge >= 0.3 is 12.2 Å². The van der Waals surface area contributed by atoms with Crippen LogP contribution in [0.1, 0.15) is 24.0 Å². The van der Waals surface area contributed by atoms with Crippen LogP contribution in [0.4, 0.5) is 19.7 Å². The molecule has 2 amide bonds. The Morgan fingerprint density at radius 1 is 1.17 bits per heavy atom. The van der Waals surface area contributed by atoms with Crippen molar-refractivity contribution >= 4 is 17.9 Å². The minimum atomic E-state index is -0.658. The van der Waals surface area contributed by atoms with E-state index in [1.807, 2.05) is 30.3 Å². The fourth-order valence-corrected chi connectivity index (χ4v) is 3.74. The van der Waals surface area contributed by atoms with Gasteiger partial charge in [0.2, 0.25) is 0 Å². The fraction of sp³-hybridized carbons (Fsp3) is 0.364. The zero-order valence-electron chi connectivity index (χ0n) is 16.3. The molecule has 0 N–H and O–H groups in total. The van der Waals surface area contributed by atoms with Crippen LogP contribution in [-0.4, -0.2) is 42.3 Å². The van der Waals surface area contributed by atoms with Gasteiger partial charge in [-0.25, -0.2) is 14.0 Å². The maximum Gasteiger partial charge on any atom is 0.415 e. The lowest BCUT2D eigenvalue weighted by atomic mass is 9.91. The number of ether oxygens (including phenoxy) is 2. The second-order valence-electron chi connectivity index (χ2n) is 7.60. The molecule has 0 aromatic heterocycles. The van der Waals surface area contributed by atoms with Gasteiger partial charge in [-0.2, -0.15) is 0 Å². The fourth-order valence-electron chi connectivity index (χ4n) is 3.74. The van der Waals surface area contributed by atoms with E-state index in [1.54, 1.807) is 24.0 Å². The number of likely N-dealkylation sites (tertiary alicyclic amines) is 1. The molecule has 2 heterocycles. The van der Waals surface area contributed by atoms with E-state index in [0.717, 1.165) is 5.56 Å². The topological polar surface area (TPSA) is 59.1 Å². The van der Waals surface area contributed by atoms with Crippen molar-refractivity contribution in [3.05, 3.63) is 65.5 Å². The summed E-state index contributed by atoms with van der Waals surface area (Å²) in [7, 11) is 0. The standard InChI is InChI=1S/C22H23FN2O4/c1-16-7-8-18(13-19(16)23)25-15-22(29-21(25)27)9-11-24(12-10-22)20(26)28-14-17-5-3-2-4-6-17/h2-8,13H,9-12,14-15H2,1H3.